The van der Waals surface area contributed by atoms with E-state index in [0.717, 1.165) is 24.2 Å². The standard InChI is InChI=1S/C15H23NO2S/c16-12-13-5-4-6-14(11-13)18-9-10-19(17)15-7-2-1-3-8-15/h4-6,11,15H,1-3,7-10,12,16H2. The molecule has 0 spiro atoms. The van der Waals surface area contributed by atoms with Crippen LogP contribution in [-0.4, -0.2) is 21.8 Å². The van der Waals surface area contributed by atoms with Crippen LogP contribution in [0.15, 0.2) is 24.3 Å². The zero-order valence-electron chi connectivity index (χ0n) is 11.3. The molecule has 0 saturated heterocycles. The van der Waals surface area contributed by atoms with Crippen LogP contribution in [0.5, 0.6) is 5.75 Å². The second kappa shape index (κ2) is 7.65. The molecule has 0 bridgehead atoms. The van der Waals surface area contributed by atoms with Gasteiger partial charge in [0.25, 0.3) is 0 Å². The van der Waals surface area contributed by atoms with Crippen LogP contribution in [0, 0.1) is 0 Å². The van der Waals surface area contributed by atoms with E-state index in [1.807, 2.05) is 24.3 Å². The molecule has 1 aliphatic carbocycles. The van der Waals surface area contributed by atoms with E-state index in [2.05, 4.69) is 0 Å². The minimum Gasteiger partial charge on any atom is -0.493 e. The third-order valence-corrected chi connectivity index (χ3v) is 5.40. The van der Waals surface area contributed by atoms with Gasteiger partial charge in [-0.3, -0.25) is 4.21 Å². The van der Waals surface area contributed by atoms with Crippen LogP contribution in [-0.2, 0) is 17.3 Å². The van der Waals surface area contributed by atoms with Gasteiger partial charge in [-0.05, 0) is 30.5 Å². The minimum absolute atomic E-state index is 0.396. The van der Waals surface area contributed by atoms with Crippen LogP contribution in [0.3, 0.4) is 0 Å². The molecule has 0 aliphatic heterocycles. The van der Waals surface area contributed by atoms with E-state index in [1.54, 1.807) is 0 Å². The molecule has 1 atom stereocenters. The summed E-state index contributed by atoms with van der Waals surface area (Å²) in [5, 5.41) is 0.396. The topological polar surface area (TPSA) is 52.3 Å². The molecule has 3 nitrogen and oxygen atoms in total. The summed E-state index contributed by atoms with van der Waals surface area (Å²) in [6, 6.07) is 7.79. The van der Waals surface area contributed by atoms with Crippen molar-refractivity contribution >= 4 is 10.8 Å². The van der Waals surface area contributed by atoms with Crippen LogP contribution < -0.4 is 10.5 Å². The summed E-state index contributed by atoms with van der Waals surface area (Å²) in [7, 11) is -0.737. The van der Waals surface area contributed by atoms with Gasteiger partial charge in [-0.15, -0.1) is 0 Å². The van der Waals surface area contributed by atoms with Crippen molar-refractivity contribution < 1.29 is 8.95 Å². The van der Waals surface area contributed by atoms with Crippen LogP contribution in [0.2, 0.25) is 0 Å². The molecule has 0 radical (unpaired) electrons. The lowest BCUT2D eigenvalue weighted by molar-refractivity contribution is 0.341. The predicted molar refractivity (Wildman–Crippen MR) is 79.7 cm³/mol. The van der Waals surface area contributed by atoms with E-state index in [0.29, 0.717) is 24.2 Å². The van der Waals surface area contributed by atoms with Gasteiger partial charge in [0.05, 0.1) is 12.4 Å². The third-order valence-electron chi connectivity index (χ3n) is 3.61. The minimum atomic E-state index is -0.737. The number of hydrogen-bond acceptors (Lipinski definition) is 3. The van der Waals surface area contributed by atoms with Crippen molar-refractivity contribution in [3.8, 4) is 5.75 Å². The Morgan fingerprint density at radius 2 is 2.05 bits per heavy atom. The summed E-state index contributed by atoms with van der Waals surface area (Å²) in [4.78, 5) is 0. The number of benzene rings is 1. The second-order valence-electron chi connectivity index (χ2n) is 5.04. The molecule has 2 N–H and O–H groups in total. The second-order valence-corrected chi connectivity index (χ2v) is 6.88. The van der Waals surface area contributed by atoms with Crippen molar-refractivity contribution in [1.82, 2.24) is 0 Å². The zero-order valence-corrected chi connectivity index (χ0v) is 12.2. The van der Waals surface area contributed by atoms with Crippen LogP contribution >= 0.6 is 0 Å². The van der Waals surface area contributed by atoms with Gasteiger partial charge >= 0.3 is 0 Å². The molecule has 1 saturated carbocycles. The Kier molecular flexibility index (Phi) is 5.86. The SMILES string of the molecule is NCc1cccc(OCCS(=O)C2CCCCC2)c1. The molecule has 19 heavy (non-hydrogen) atoms. The maximum Gasteiger partial charge on any atom is 0.119 e. The van der Waals surface area contributed by atoms with Gasteiger partial charge < -0.3 is 10.5 Å². The van der Waals surface area contributed by atoms with Crippen molar-refractivity contribution in [2.24, 2.45) is 5.73 Å². The van der Waals surface area contributed by atoms with Crippen molar-refractivity contribution in [2.45, 2.75) is 43.9 Å². The highest BCUT2D eigenvalue weighted by Crippen LogP contribution is 2.22. The Hall–Kier alpha value is -0.870. The molecule has 106 valence electrons. The Morgan fingerprint density at radius 3 is 2.79 bits per heavy atom. The first kappa shape index (κ1) is 14.5. The summed E-state index contributed by atoms with van der Waals surface area (Å²) < 4.78 is 17.8. The van der Waals surface area contributed by atoms with E-state index in [1.165, 1.54) is 19.3 Å². The van der Waals surface area contributed by atoms with E-state index < -0.39 is 10.8 Å². The van der Waals surface area contributed by atoms with E-state index in [-0.39, 0.29) is 0 Å². The van der Waals surface area contributed by atoms with Crippen LogP contribution in [0.1, 0.15) is 37.7 Å². The zero-order chi connectivity index (χ0) is 13.5. The van der Waals surface area contributed by atoms with Crippen molar-refractivity contribution in [2.75, 3.05) is 12.4 Å². The van der Waals surface area contributed by atoms with E-state index in [4.69, 9.17) is 10.5 Å². The van der Waals surface area contributed by atoms with Gasteiger partial charge in [0.15, 0.2) is 0 Å². The lowest BCUT2D eigenvalue weighted by atomic mass is 10.0. The highest BCUT2D eigenvalue weighted by molar-refractivity contribution is 7.85. The first-order valence-corrected chi connectivity index (χ1v) is 8.47. The van der Waals surface area contributed by atoms with Crippen LogP contribution in [0.4, 0.5) is 0 Å². The molecule has 0 aromatic heterocycles. The molecule has 4 heteroatoms. The Bertz CT molecular complexity index is 416. The summed E-state index contributed by atoms with van der Waals surface area (Å²) in [5.74, 6) is 1.46. The third kappa shape index (κ3) is 4.62. The molecular formula is C15H23NO2S. The average Bonchev–Trinajstić information content (AvgIpc) is 2.48. The van der Waals surface area contributed by atoms with Crippen molar-refractivity contribution in [3.63, 3.8) is 0 Å². The Morgan fingerprint density at radius 1 is 1.26 bits per heavy atom. The molecular weight excluding hydrogens is 258 g/mol. The quantitative estimate of drug-likeness (QED) is 0.872. The average molecular weight is 281 g/mol. The van der Waals surface area contributed by atoms with Gasteiger partial charge in [-0.1, -0.05) is 31.4 Å². The fourth-order valence-electron chi connectivity index (χ4n) is 2.50. The maximum atomic E-state index is 12.1. The van der Waals surface area contributed by atoms with Crippen LogP contribution in [0.25, 0.3) is 0 Å². The fourth-order valence-corrected chi connectivity index (χ4v) is 3.94. The van der Waals surface area contributed by atoms with E-state index >= 15 is 0 Å². The smallest absolute Gasteiger partial charge is 0.119 e. The first-order chi connectivity index (χ1) is 9.29. The Labute approximate surface area is 118 Å². The highest BCUT2D eigenvalue weighted by Gasteiger charge is 2.19. The summed E-state index contributed by atoms with van der Waals surface area (Å²) >= 11 is 0. The monoisotopic (exact) mass is 281 g/mol. The van der Waals surface area contributed by atoms with E-state index in [9.17, 15) is 4.21 Å². The van der Waals surface area contributed by atoms with Crippen molar-refractivity contribution in [1.29, 1.82) is 0 Å². The number of ether oxygens (including phenoxy) is 1. The number of nitrogens with two attached hydrogens (primary N) is 1. The van der Waals surface area contributed by atoms with Gasteiger partial charge in [0.1, 0.15) is 5.75 Å². The largest absolute Gasteiger partial charge is 0.493 e. The molecule has 1 fully saturated rings. The first-order valence-electron chi connectivity index (χ1n) is 7.08. The van der Waals surface area contributed by atoms with Gasteiger partial charge in [-0.2, -0.15) is 0 Å². The van der Waals surface area contributed by atoms with Gasteiger partial charge in [0.2, 0.25) is 0 Å². The predicted octanol–water partition coefficient (Wildman–Crippen LogP) is 2.61. The molecule has 1 aromatic carbocycles. The molecule has 0 heterocycles. The molecule has 0 amide bonds. The fraction of sp³-hybridized carbons (Fsp3) is 0.600. The van der Waals surface area contributed by atoms with Gasteiger partial charge in [0, 0.05) is 22.6 Å². The normalized spacial score (nSPS) is 18.2. The Balaban J connectivity index is 1.74. The number of hydrogen-bond donors (Lipinski definition) is 1. The number of rotatable bonds is 6. The van der Waals surface area contributed by atoms with Gasteiger partial charge in [-0.25, -0.2) is 0 Å². The lowest BCUT2D eigenvalue weighted by Crippen LogP contribution is -2.23. The lowest BCUT2D eigenvalue weighted by Gasteiger charge is -2.20. The molecule has 1 unspecified atom stereocenters. The summed E-state index contributed by atoms with van der Waals surface area (Å²) in [6.07, 6.45) is 6.01. The summed E-state index contributed by atoms with van der Waals surface area (Å²) in [5.41, 5.74) is 6.65. The molecule has 1 aliphatic rings. The highest BCUT2D eigenvalue weighted by atomic mass is 32.2. The summed E-state index contributed by atoms with van der Waals surface area (Å²) in [6.45, 7) is 1.04. The molecule has 1 aromatic rings. The van der Waals surface area contributed by atoms with Crippen molar-refractivity contribution in [3.05, 3.63) is 29.8 Å². The molecule has 2 rings (SSSR count). The maximum absolute atomic E-state index is 12.1.